The van der Waals surface area contributed by atoms with Crippen molar-refractivity contribution < 1.29 is 9.21 Å². The highest BCUT2D eigenvalue weighted by Gasteiger charge is 2.33. The van der Waals surface area contributed by atoms with Gasteiger partial charge in [-0.05, 0) is 54.9 Å². The van der Waals surface area contributed by atoms with E-state index in [4.69, 9.17) is 9.52 Å². The molecule has 176 valence electrons. The number of amides is 1. The Bertz CT molecular complexity index is 1150. The Morgan fingerprint density at radius 2 is 1.94 bits per heavy atom. The molecule has 1 fully saturated rings. The predicted octanol–water partition coefficient (Wildman–Crippen LogP) is 5.47. The summed E-state index contributed by atoms with van der Waals surface area (Å²) in [6.07, 6.45) is 3.23. The van der Waals surface area contributed by atoms with Gasteiger partial charge in [0, 0.05) is 23.9 Å². The van der Waals surface area contributed by atoms with Gasteiger partial charge in [0.25, 0.3) is 11.8 Å². The van der Waals surface area contributed by atoms with Crippen LogP contribution in [0.25, 0.3) is 17.3 Å². The van der Waals surface area contributed by atoms with Crippen molar-refractivity contribution in [3.63, 3.8) is 0 Å². The van der Waals surface area contributed by atoms with Gasteiger partial charge in [0.15, 0.2) is 0 Å². The van der Waals surface area contributed by atoms with E-state index >= 15 is 0 Å². The minimum absolute atomic E-state index is 0.0380. The molecule has 0 radical (unpaired) electrons. The van der Waals surface area contributed by atoms with Gasteiger partial charge in [-0.1, -0.05) is 47.6 Å². The smallest absolute Gasteiger partial charge is 0.268 e. The van der Waals surface area contributed by atoms with E-state index in [0.29, 0.717) is 29.0 Å². The quantitative estimate of drug-likeness (QED) is 0.570. The standard InChI is InChI=1S/C26H35N5O2/c1-16-11-19(15-26(6,7)14-16)27-23(32)18-9-8-10-20(12-18)31-22(25(3,4)5)13-21(30-31)24-29-28-17(2)33-24/h8-10,12-13,16,19H,11,14-15H2,1-7H3,(H,27,32)/t16-,19+/m1/s1. The molecule has 2 heterocycles. The van der Waals surface area contributed by atoms with Crippen molar-refractivity contribution in [3.8, 4) is 17.3 Å². The monoisotopic (exact) mass is 449 g/mol. The fourth-order valence-corrected chi connectivity index (χ4v) is 5.12. The topological polar surface area (TPSA) is 85.8 Å². The molecule has 1 amide bonds. The number of rotatable bonds is 4. The lowest BCUT2D eigenvalue weighted by Crippen LogP contribution is -2.43. The molecule has 0 aliphatic heterocycles. The highest BCUT2D eigenvalue weighted by molar-refractivity contribution is 5.95. The zero-order chi connectivity index (χ0) is 24.0. The molecule has 1 N–H and O–H groups in total. The van der Waals surface area contributed by atoms with Crippen LogP contribution < -0.4 is 5.32 Å². The number of hydrogen-bond acceptors (Lipinski definition) is 5. The molecule has 1 aliphatic rings. The molecule has 4 rings (SSSR count). The van der Waals surface area contributed by atoms with E-state index in [1.807, 2.05) is 35.0 Å². The lowest BCUT2D eigenvalue weighted by Gasteiger charge is -2.39. The molecule has 0 spiro atoms. The number of benzene rings is 1. The van der Waals surface area contributed by atoms with E-state index in [9.17, 15) is 4.79 Å². The lowest BCUT2D eigenvalue weighted by molar-refractivity contribution is 0.0874. The van der Waals surface area contributed by atoms with Crippen molar-refractivity contribution in [2.45, 2.75) is 79.2 Å². The van der Waals surface area contributed by atoms with E-state index in [-0.39, 0.29) is 22.8 Å². The van der Waals surface area contributed by atoms with E-state index < -0.39 is 0 Å². The number of carbonyl (C=O) groups is 1. The van der Waals surface area contributed by atoms with Crippen LogP contribution in [0.1, 0.15) is 82.7 Å². The second-order valence-electron chi connectivity index (χ2n) is 11.3. The first-order valence-electron chi connectivity index (χ1n) is 11.7. The third-order valence-electron chi connectivity index (χ3n) is 6.30. The zero-order valence-electron chi connectivity index (χ0n) is 20.8. The Labute approximate surface area is 196 Å². The predicted molar refractivity (Wildman–Crippen MR) is 128 cm³/mol. The lowest BCUT2D eigenvalue weighted by atomic mass is 9.70. The molecule has 1 aromatic carbocycles. The average Bonchev–Trinajstić information content (AvgIpc) is 3.32. The van der Waals surface area contributed by atoms with Crippen molar-refractivity contribution in [2.24, 2.45) is 11.3 Å². The Balaban J connectivity index is 1.63. The van der Waals surface area contributed by atoms with Crippen LogP contribution in [0.5, 0.6) is 0 Å². The Morgan fingerprint density at radius 3 is 2.58 bits per heavy atom. The van der Waals surface area contributed by atoms with Gasteiger partial charge in [-0.2, -0.15) is 5.10 Å². The van der Waals surface area contributed by atoms with E-state index in [0.717, 1.165) is 24.2 Å². The summed E-state index contributed by atoms with van der Waals surface area (Å²) in [6, 6.07) is 9.81. The maximum Gasteiger partial charge on any atom is 0.268 e. The largest absolute Gasteiger partial charge is 0.420 e. The molecule has 3 aromatic rings. The van der Waals surface area contributed by atoms with E-state index in [1.54, 1.807) is 6.92 Å². The number of aryl methyl sites for hydroxylation is 1. The first-order valence-corrected chi connectivity index (χ1v) is 11.7. The maximum atomic E-state index is 13.2. The van der Waals surface area contributed by atoms with Crippen LogP contribution in [0.2, 0.25) is 0 Å². The molecule has 1 saturated carbocycles. The summed E-state index contributed by atoms with van der Waals surface area (Å²) in [5.74, 6) is 1.45. The molecule has 2 aromatic heterocycles. The summed E-state index contributed by atoms with van der Waals surface area (Å²) in [6.45, 7) is 15.0. The Morgan fingerprint density at radius 1 is 1.18 bits per heavy atom. The highest BCUT2D eigenvalue weighted by Crippen LogP contribution is 2.38. The summed E-state index contributed by atoms with van der Waals surface area (Å²) in [4.78, 5) is 13.2. The van der Waals surface area contributed by atoms with Crippen molar-refractivity contribution in [1.29, 1.82) is 0 Å². The van der Waals surface area contributed by atoms with Gasteiger partial charge >= 0.3 is 0 Å². The molecular weight excluding hydrogens is 414 g/mol. The molecule has 1 aliphatic carbocycles. The SMILES string of the molecule is Cc1nnc(-c2cc(C(C)(C)C)n(-c3cccc(C(=O)N[C@H]4C[C@@H](C)CC(C)(C)C4)c3)n2)o1. The van der Waals surface area contributed by atoms with Gasteiger partial charge in [0.2, 0.25) is 5.89 Å². The van der Waals surface area contributed by atoms with Crippen molar-refractivity contribution in [2.75, 3.05) is 0 Å². The summed E-state index contributed by atoms with van der Waals surface area (Å²) < 4.78 is 7.47. The average molecular weight is 450 g/mol. The van der Waals surface area contributed by atoms with Crippen LogP contribution in [-0.2, 0) is 5.41 Å². The van der Waals surface area contributed by atoms with E-state index in [2.05, 4.69) is 57.1 Å². The third-order valence-corrected chi connectivity index (χ3v) is 6.30. The number of carbonyl (C=O) groups excluding carboxylic acids is 1. The second kappa shape index (κ2) is 8.43. The number of nitrogens with one attached hydrogen (secondary N) is 1. The Hall–Kier alpha value is -2.96. The molecule has 33 heavy (non-hydrogen) atoms. The molecule has 7 nitrogen and oxygen atoms in total. The van der Waals surface area contributed by atoms with Gasteiger partial charge in [-0.3, -0.25) is 4.79 Å². The van der Waals surface area contributed by atoms with Crippen molar-refractivity contribution in [1.82, 2.24) is 25.3 Å². The summed E-state index contributed by atoms with van der Waals surface area (Å²) in [5.41, 5.74) is 3.14. The molecule has 2 atom stereocenters. The fourth-order valence-electron chi connectivity index (χ4n) is 5.12. The van der Waals surface area contributed by atoms with Gasteiger partial charge in [0.05, 0.1) is 11.4 Å². The summed E-state index contributed by atoms with van der Waals surface area (Å²) in [7, 11) is 0. The second-order valence-corrected chi connectivity index (χ2v) is 11.3. The van der Waals surface area contributed by atoms with E-state index in [1.165, 1.54) is 6.42 Å². The van der Waals surface area contributed by atoms with Crippen LogP contribution in [0.3, 0.4) is 0 Å². The number of aromatic nitrogens is 4. The van der Waals surface area contributed by atoms with Crippen LogP contribution in [0, 0.1) is 18.3 Å². The van der Waals surface area contributed by atoms with Crippen LogP contribution in [0.15, 0.2) is 34.7 Å². The molecular formula is C26H35N5O2. The van der Waals surface area contributed by atoms with Gasteiger partial charge in [-0.25, -0.2) is 4.68 Å². The molecule has 0 saturated heterocycles. The number of hydrogen-bond donors (Lipinski definition) is 1. The summed E-state index contributed by atoms with van der Waals surface area (Å²) in [5, 5.41) is 16.1. The van der Waals surface area contributed by atoms with Gasteiger partial charge < -0.3 is 9.73 Å². The van der Waals surface area contributed by atoms with Gasteiger partial charge in [0.1, 0.15) is 5.69 Å². The number of nitrogens with zero attached hydrogens (tertiary/aromatic N) is 4. The van der Waals surface area contributed by atoms with Crippen molar-refractivity contribution >= 4 is 5.91 Å². The van der Waals surface area contributed by atoms with Crippen LogP contribution >= 0.6 is 0 Å². The normalized spacial score (nSPS) is 20.6. The van der Waals surface area contributed by atoms with Crippen LogP contribution in [-0.4, -0.2) is 31.9 Å². The minimum atomic E-state index is -0.178. The third kappa shape index (κ3) is 5.18. The molecule has 7 heteroatoms. The fraction of sp³-hybridized carbons (Fsp3) is 0.538. The van der Waals surface area contributed by atoms with Crippen LogP contribution in [0.4, 0.5) is 0 Å². The summed E-state index contributed by atoms with van der Waals surface area (Å²) >= 11 is 0. The first-order chi connectivity index (χ1) is 15.4. The zero-order valence-corrected chi connectivity index (χ0v) is 20.8. The Kier molecular flexibility index (Phi) is 5.93. The minimum Gasteiger partial charge on any atom is -0.420 e. The van der Waals surface area contributed by atoms with Crippen molar-refractivity contribution in [3.05, 3.63) is 47.5 Å². The molecule has 0 unspecified atom stereocenters. The first kappa shape index (κ1) is 23.2. The maximum absolute atomic E-state index is 13.2. The van der Waals surface area contributed by atoms with Gasteiger partial charge in [-0.15, -0.1) is 10.2 Å². The highest BCUT2D eigenvalue weighted by atomic mass is 16.4. The molecule has 0 bridgehead atoms.